The normalized spacial score (nSPS) is 12.0. The molecule has 0 bridgehead atoms. The third kappa shape index (κ3) is 3.46. The Kier molecular flexibility index (Phi) is 4.69. The fourth-order valence-electron chi connectivity index (χ4n) is 1.65. The highest BCUT2D eigenvalue weighted by Gasteiger charge is 2.17. The molecule has 0 aliphatic rings. The molecule has 1 N–H and O–H groups in total. The van der Waals surface area contributed by atoms with Crippen LogP contribution in [-0.4, -0.2) is 16.4 Å². The molecule has 0 unspecified atom stereocenters. The van der Waals surface area contributed by atoms with Crippen molar-refractivity contribution in [1.29, 1.82) is 0 Å². The largest absolute Gasteiger partial charge is 0.322 e. The summed E-state index contributed by atoms with van der Waals surface area (Å²) < 4.78 is 38.2. The summed E-state index contributed by atoms with van der Waals surface area (Å²) in [6.45, 7) is 0. The number of benzene rings is 2. The number of carbonyl (C=O) groups is 1. The van der Waals surface area contributed by atoms with Gasteiger partial charge in [-0.05, 0) is 30.3 Å². The van der Waals surface area contributed by atoms with Gasteiger partial charge in [-0.1, -0.05) is 17.7 Å². The van der Waals surface area contributed by atoms with Crippen LogP contribution < -0.4 is 5.32 Å². The van der Waals surface area contributed by atoms with Crippen molar-refractivity contribution in [2.75, 3.05) is 11.6 Å². The quantitative estimate of drug-likeness (QED) is 0.874. The van der Waals surface area contributed by atoms with E-state index >= 15 is 0 Å². The van der Waals surface area contributed by atoms with Crippen LogP contribution in [0, 0.1) is 11.6 Å². The monoisotopic (exact) mass is 329 g/mol. The molecule has 0 heterocycles. The second-order valence-corrected chi connectivity index (χ2v) is 5.92. The van der Waals surface area contributed by atoms with Gasteiger partial charge in [0.15, 0.2) is 5.82 Å². The Morgan fingerprint density at radius 3 is 2.62 bits per heavy atom. The third-order valence-corrected chi connectivity index (χ3v) is 3.97. The molecule has 3 nitrogen and oxygen atoms in total. The Hall–Kier alpha value is -1.79. The van der Waals surface area contributed by atoms with Crippen molar-refractivity contribution >= 4 is 34.0 Å². The van der Waals surface area contributed by atoms with E-state index in [4.69, 9.17) is 11.6 Å². The molecule has 0 fully saturated rings. The first-order valence-electron chi connectivity index (χ1n) is 5.78. The Labute approximate surface area is 127 Å². The van der Waals surface area contributed by atoms with E-state index in [-0.39, 0.29) is 5.56 Å². The number of anilines is 1. The number of carbonyl (C=O) groups excluding carboxylic acids is 1. The summed E-state index contributed by atoms with van der Waals surface area (Å²) in [6.07, 6.45) is 1.50. The second-order valence-electron chi connectivity index (χ2n) is 4.16. The maximum atomic E-state index is 13.7. The standard InChI is InChI=1S/C14H10ClF2NO2S/c1-21(20)9-4-2-3-8(7-9)18-14(19)10-5-6-11(16)12(15)13(10)17/h2-7H,1H3,(H,18,19)/t21-/m0/s1. The van der Waals surface area contributed by atoms with E-state index in [9.17, 15) is 17.8 Å². The Morgan fingerprint density at radius 2 is 1.95 bits per heavy atom. The van der Waals surface area contributed by atoms with Crippen molar-refractivity contribution in [3.63, 3.8) is 0 Å². The summed E-state index contributed by atoms with van der Waals surface area (Å²) in [4.78, 5) is 12.5. The fourth-order valence-corrected chi connectivity index (χ4v) is 2.38. The predicted molar refractivity (Wildman–Crippen MR) is 78.1 cm³/mol. The van der Waals surface area contributed by atoms with Crippen LogP contribution in [0.15, 0.2) is 41.3 Å². The van der Waals surface area contributed by atoms with Gasteiger partial charge in [-0.15, -0.1) is 0 Å². The van der Waals surface area contributed by atoms with Crippen LogP contribution in [0.1, 0.15) is 10.4 Å². The van der Waals surface area contributed by atoms with Crippen LogP contribution in [0.3, 0.4) is 0 Å². The highest BCUT2D eigenvalue weighted by Crippen LogP contribution is 2.23. The molecular formula is C14H10ClF2NO2S. The molecule has 0 aliphatic heterocycles. The van der Waals surface area contributed by atoms with E-state index in [0.29, 0.717) is 10.6 Å². The van der Waals surface area contributed by atoms with Gasteiger partial charge < -0.3 is 5.32 Å². The van der Waals surface area contributed by atoms with Crippen LogP contribution in [0.5, 0.6) is 0 Å². The van der Waals surface area contributed by atoms with Crippen molar-refractivity contribution in [3.05, 3.63) is 58.6 Å². The molecule has 0 saturated heterocycles. The maximum Gasteiger partial charge on any atom is 0.258 e. The van der Waals surface area contributed by atoms with E-state index < -0.39 is 33.4 Å². The van der Waals surface area contributed by atoms with Crippen LogP contribution in [0.2, 0.25) is 5.02 Å². The van der Waals surface area contributed by atoms with Gasteiger partial charge in [-0.2, -0.15) is 0 Å². The highest BCUT2D eigenvalue weighted by molar-refractivity contribution is 7.84. The summed E-state index contributed by atoms with van der Waals surface area (Å²) in [7, 11) is -1.21. The zero-order chi connectivity index (χ0) is 15.6. The zero-order valence-corrected chi connectivity index (χ0v) is 12.4. The molecule has 0 saturated carbocycles. The number of halogens is 3. The number of nitrogens with one attached hydrogen (secondary N) is 1. The molecule has 21 heavy (non-hydrogen) atoms. The molecule has 0 spiro atoms. The van der Waals surface area contributed by atoms with Crippen molar-refractivity contribution in [2.24, 2.45) is 0 Å². The molecule has 0 aromatic heterocycles. The van der Waals surface area contributed by atoms with Crippen LogP contribution in [0.4, 0.5) is 14.5 Å². The van der Waals surface area contributed by atoms with Crippen molar-refractivity contribution in [1.82, 2.24) is 0 Å². The number of hydrogen-bond donors (Lipinski definition) is 1. The SMILES string of the molecule is C[S@](=O)c1cccc(NC(=O)c2ccc(F)c(Cl)c2F)c1. The first kappa shape index (κ1) is 15.6. The predicted octanol–water partition coefficient (Wildman–Crippen LogP) is 3.61. The summed E-state index contributed by atoms with van der Waals surface area (Å²) in [5.74, 6) is -2.83. The van der Waals surface area contributed by atoms with Gasteiger partial charge in [-0.25, -0.2) is 8.78 Å². The van der Waals surface area contributed by atoms with E-state index in [2.05, 4.69) is 5.32 Å². The fraction of sp³-hybridized carbons (Fsp3) is 0.0714. The van der Waals surface area contributed by atoms with Gasteiger partial charge in [0.2, 0.25) is 0 Å². The van der Waals surface area contributed by atoms with Crippen molar-refractivity contribution < 1.29 is 17.8 Å². The molecule has 7 heteroatoms. The number of rotatable bonds is 3. The van der Waals surface area contributed by atoms with Gasteiger partial charge in [0.1, 0.15) is 10.8 Å². The summed E-state index contributed by atoms with van der Waals surface area (Å²) >= 11 is 5.43. The van der Waals surface area contributed by atoms with E-state index in [1.165, 1.54) is 12.3 Å². The lowest BCUT2D eigenvalue weighted by Crippen LogP contribution is -2.14. The minimum absolute atomic E-state index is 0.354. The first-order chi connectivity index (χ1) is 9.90. The lowest BCUT2D eigenvalue weighted by atomic mass is 10.2. The van der Waals surface area contributed by atoms with Crippen LogP contribution >= 0.6 is 11.6 Å². The molecule has 1 amide bonds. The summed E-state index contributed by atoms with van der Waals surface area (Å²) in [5, 5.41) is 1.72. The molecule has 110 valence electrons. The first-order valence-corrected chi connectivity index (χ1v) is 7.72. The average Bonchev–Trinajstić information content (AvgIpc) is 2.45. The van der Waals surface area contributed by atoms with Gasteiger partial charge in [0, 0.05) is 27.6 Å². The topological polar surface area (TPSA) is 46.2 Å². The van der Waals surface area contributed by atoms with E-state index in [1.807, 2.05) is 0 Å². The van der Waals surface area contributed by atoms with Gasteiger partial charge >= 0.3 is 0 Å². The minimum Gasteiger partial charge on any atom is -0.322 e. The summed E-state index contributed by atoms with van der Waals surface area (Å²) in [5.41, 5.74) is -0.0167. The molecular weight excluding hydrogens is 320 g/mol. The smallest absolute Gasteiger partial charge is 0.258 e. The van der Waals surface area contributed by atoms with Gasteiger partial charge in [-0.3, -0.25) is 9.00 Å². The maximum absolute atomic E-state index is 13.7. The molecule has 2 aromatic rings. The minimum atomic E-state index is -1.21. The van der Waals surface area contributed by atoms with Crippen molar-refractivity contribution in [3.8, 4) is 0 Å². The molecule has 2 rings (SSSR count). The number of amides is 1. The number of hydrogen-bond acceptors (Lipinski definition) is 2. The lowest BCUT2D eigenvalue weighted by molar-refractivity contribution is 0.102. The molecule has 0 radical (unpaired) electrons. The van der Waals surface area contributed by atoms with Crippen molar-refractivity contribution in [2.45, 2.75) is 4.90 Å². The van der Waals surface area contributed by atoms with Gasteiger partial charge in [0.25, 0.3) is 5.91 Å². The van der Waals surface area contributed by atoms with Gasteiger partial charge in [0.05, 0.1) is 5.56 Å². The zero-order valence-electron chi connectivity index (χ0n) is 10.8. The Morgan fingerprint density at radius 1 is 1.24 bits per heavy atom. The second kappa shape index (κ2) is 6.32. The third-order valence-electron chi connectivity index (χ3n) is 2.70. The lowest BCUT2D eigenvalue weighted by Gasteiger charge is -2.08. The average molecular weight is 330 g/mol. The van der Waals surface area contributed by atoms with Crippen LogP contribution in [0.25, 0.3) is 0 Å². The molecule has 1 atom stereocenters. The summed E-state index contributed by atoms with van der Waals surface area (Å²) in [6, 6.07) is 8.25. The Bertz CT molecular complexity index is 737. The Balaban J connectivity index is 2.28. The van der Waals surface area contributed by atoms with E-state index in [1.54, 1.807) is 18.2 Å². The van der Waals surface area contributed by atoms with Crippen LogP contribution in [-0.2, 0) is 10.8 Å². The molecule has 0 aliphatic carbocycles. The highest BCUT2D eigenvalue weighted by atomic mass is 35.5. The molecule has 2 aromatic carbocycles. The van der Waals surface area contributed by atoms with E-state index in [0.717, 1.165) is 12.1 Å².